The van der Waals surface area contributed by atoms with Crippen molar-refractivity contribution >= 4 is 17.0 Å². The SMILES string of the molecule is Cc1ccc2c(c1)nc(N)n2CC1CCCCO1. The minimum Gasteiger partial charge on any atom is -0.376 e. The monoisotopic (exact) mass is 245 g/mol. The second-order valence-electron chi connectivity index (χ2n) is 5.06. The van der Waals surface area contributed by atoms with E-state index in [1.165, 1.54) is 18.4 Å². The standard InChI is InChI=1S/C14H19N3O/c1-10-5-6-13-12(8-10)16-14(15)17(13)9-11-4-2-3-7-18-11/h5-6,8,11H,2-4,7,9H2,1H3,(H2,15,16). The molecule has 1 aromatic carbocycles. The van der Waals surface area contributed by atoms with E-state index in [-0.39, 0.29) is 6.10 Å². The molecule has 1 atom stereocenters. The summed E-state index contributed by atoms with van der Waals surface area (Å²) in [7, 11) is 0. The molecule has 1 aliphatic rings. The summed E-state index contributed by atoms with van der Waals surface area (Å²) in [6, 6.07) is 6.27. The van der Waals surface area contributed by atoms with Gasteiger partial charge in [-0.2, -0.15) is 0 Å². The first-order chi connectivity index (χ1) is 8.74. The molecule has 4 nitrogen and oxygen atoms in total. The van der Waals surface area contributed by atoms with Crippen molar-refractivity contribution in [1.29, 1.82) is 0 Å². The molecule has 0 spiro atoms. The van der Waals surface area contributed by atoms with Crippen LogP contribution in [0.5, 0.6) is 0 Å². The number of nitrogens with two attached hydrogens (primary N) is 1. The lowest BCUT2D eigenvalue weighted by Gasteiger charge is -2.23. The predicted molar refractivity (Wildman–Crippen MR) is 72.5 cm³/mol. The fourth-order valence-corrected chi connectivity index (χ4v) is 2.61. The number of nitrogens with zero attached hydrogens (tertiary/aromatic N) is 2. The van der Waals surface area contributed by atoms with Crippen molar-refractivity contribution in [3.63, 3.8) is 0 Å². The number of fused-ring (bicyclic) bond motifs is 1. The summed E-state index contributed by atoms with van der Waals surface area (Å²) in [5.74, 6) is 0.588. The third kappa shape index (κ3) is 2.08. The Bertz CT molecular complexity index is 555. The number of benzene rings is 1. The molecule has 1 aromatic heterocycles. The van der Waals surface area contributed by atoms with E-state index in [2.05, 4.69) is 34.7 Å². The zero-order valence-electron chi connectivity index (χ0n) is 10.7. The van der Waals surface area contributed by atoms with Gasteiger partial charge < -0.3 is 15.0 Å². The number of nitrogen functional groups attached to an aromatic ring is 1. The van der Waals surface area contributed by atoms with Crippen LogP contribution in [0.1, 0.15) is 24.8 Å². The van der Waals surface area contributed by atoms with E-state index in [0.717, 1.165) is 30.6 Å². The van der Waals surface area contributed by atoms with E-state index in [4.69, 9.17) is 10.5 Å². The maximum absolute atomic E-state index is 6.02. The molecule has 4 heteroatoms. The Labute approximate surface area is 107 Å². The zero-order valence-corrected chi connectivity index (χ0v) is 10.7. The summed E-state index contributed by atoms with van der Waals surface area (Å²) in [5, 5.41) is 0. The molecule has 2 aromatic rings. The summed E-state index contributed by atoms with van der Waals surface area (Å²) >= 11 is 0. The van der Waals surface area contributed by atoms with Gasteiger partial charge in [0.15, 0.2) is 0 Å². The van der Waals surface area contributed by atoms with Crippen LogP contribution in [0.4, 0.5) is 5.95 Å². The van der Waals surface area contributed by atoms with Crippen molar-refractivity contribution in [1.82, 2.24) is 9.55 Å². The highest BCUT2D eigenvalue weighted by atomic mass is 16.5. The molecule has 0 saturated carbocycles. The Kier molecular flexibility index (Phi) is 2.96. The molecule has 1 fully saturated rings. The van der Waals surface area contributed by atoms with Crippen LogP contribution in [0.25, 0.3) is 11.0 Å². The van der Waals surface area contributed by atoms with E-state index in [9.17, 15) is 0 Å². The number of imidazole rings is 1. The molecular weight excluding hydrogens is 226 g/mol. The molecule has 0 aliphatic carbocycles. The summed E-state index contributed by atoms with van der Waals surface area (Å²) in [4.78, 5) is 4.42. The Morgan fingerprint density at radius 2 is 2.33 bits per heavy atom. The number of aromatic nitrogens is 2. The summed E-state index contributed by atoms with van der Waals surface area (Å²) in [6.07, 6.45) is 3.82. The molecule has 2 heterocycles. The van der Waals surface area contributed by atoms with Gasteiger partial charge in [-0.05, 0) is 43.9 Å². The van der Waals surface area contributed by atoms with Crippen molar-refractivity contribution in [3.8, 4) is 0 Å². The fraction of sp³-hybridized carbons (Fsp3) is 0.500. The van der Waals surface area contributed by atoms with Gasteiger partial charge in [0.05, 0.1) is 23.7 Å². The van der Waals surface area contributed by atoms with E-state index in [1.54, 1.807) is 0 Å². The molecule has 1 saturated heterocycles. The van der Waals surface area contributed by atoms with Crippen LogP contribution < -0.4 is 5.73 Å². The van der Waals surface area contributed by atoms with Gasteiger partial charge in [-0.15, -0.1) is 0 Å². The van der Waals surface area contributed by atoms with Gasteiger partial charge >= 0.3 is 0 Å². The lowest BCUT2D eigenvalue weighted by atomic mass is 10.1. The topological polar surface area (TPSA) is 53.1 Å². The van der Waals surface area contributed by atoms with Gasteiger partial charge in [0.25, 0.3) is 0 Å². The smallest absolute Gasteiger partial charge is 0.201 e. The van der Waals surface area contributed by atoms with Crippen molar-refractivity contribution < 1.29 is 4.74 Å². The van der Waals surface area contributed by atoms with Crippen LogP contribution in [-0.4, -0.2) is 22.3 Å². The van der Waals surface area contributed by atoms with Gasteiger partial charge in [0, 0.05) is 6.61 Å². The Balaban J connectivity index is 1.92. The molecule has 0 bridgehead atoms. The van der Waals surface area contributed by atoms with Crippen LogP contribution in [-0.2, 0) is 11.3 Å². The van der Waals surface area contributed by atoms with Crippen molar-refractivity contribution in [2.45, 2.75) is 38.8 Å². The van der Waals surface area contributed by atoms with Gasteiger partial charge in [0.1, 0.15) is 0 Å². The Morgan fingerprint density at radius 3 is 3.11 bits per heavy atom. The Morgan fingerprint density at radius 1 is 1.44 bits per heavy atom. The van der Waals surface area contributed by atoms with E-state index < -0.39 is 0 Å². The van der Waals surface area contributed by atoms with E-state index >= 15 is 0 Å². The lowest BCUT2D eigenvalue weighted by molar-refractivity contribution is 0.00694. The zero-order chi connectivity index (χ0) is 12.5. The van der Waals surface area contributed by atoms with Crippen LogP contribution >= 0.6 is 0 Å². The quantitative estimate of drug-likeness (QED) is 0.884. The van der Waals surface area contributed by atoms with Crippen molar-refractivity contribution in [2.75, 3.05) is 12.3 Å². The van der Waals surface area contributed by atoms with Crippen molar-refractivity contribution in [2.24, 2.45) is 0 Å². The van der Waals surface area contributed by atoms with Crippen LogP contribution in [0.15, 0.2) is 18.2 Å². The van der Waals surface area contributed by atoms with Crippen LogP contribution in [0, 0.1) is 6.92 Å². The third-order valence-electron chi connectivity index (χ3n) is 3.59. The Hall–Kier alpha value is -1.55. The largest absolute Gasteiger partial charge is 0.376 e. The maximum atomic E-state index is 6.02. The minimum atomic E-state index is 0.278. The van der Waals surface area contributed by atoms with Gasteiger partial charge in [-0.3, -0.25) is 0 Å². The highest BCUT2D eigenvalue weighted by Gasteiger charge is 2.17. The lowest BCUT2D eigenvalue weighted by Crippen LogP contribution is -2.25. The molecule has 2 N–H and O–H groups in total. The van der Waals surface area contributed by atoms with E-state index in [0.29, 0.717) is 5.95 Å². The van der Waals surface area contributed by atoms with E-state index in [1.807, 2.05) is 0 Å². The van der Waals surface area contributed by atoms with Crippen LogP contribution in [0.3, 0.4) is 0 Å². The van der Waals surface area contributed by atoms with Gasteiger partial charge in [-0.1, -0.05) is 6.07 Å². The summed E-state index contributed by atoms with van der Waals surface area (Å²) < 4.78 is 7.85. The maximum Gasteiger partial charge on any atom is 0.201 e. The molecule has 0 amide bonds. The van der Waals surface area contributed by atoms with Gasteiger partial charge in [-0.25, -0.2) is 4.98 Å². The molecule has 96 valence electrons. The first-order valence-corrected chi connectivity index (χ1v) is 6.58. The van der Waals surface area contributed by atoms with Gasteiger partial charge in [0.2, 0.25) is 5.95 Å². The predicted octanol–water partition coefficient (Wildman–Crippen LogP) is 2.50. The summed E-state index contributed by atoms with van der Waals surface area (Å²) in [5.41, 5.74) is 9.31. The minimum absolute atomic E-state index is 0.278. The number of rotatable bonds is 2. The average molecular weight is 245 g/mol. The molecular formula is C14H19N3O. The first-order valence-electron chi connectivity index (χ1n) is 6.58. The second-order valence-corrected chi connectivity index (χ2v) is 5.06. The highest BCUT2D eigenvalue weighted by Crippen LogP contribution is 2.22. The highest BCUT2D eigenvalue weighted by molar-refractivity contribution is 5.79. The second kappa shape index (κ2) is 4.61. The average Bonchev–Trinajstić information content (AvgIpc) is 2.66. The summed E-state index contributed by atoms with van der Waals surface area (Å²) in [6.45, 7) is 3.75. The molecule has 18 heavy (non-hydrogen) atoms. The van der Waals surface area contributed by atoms with Crippen LogP contribution in [0.2, 0.25) is 0 Å². The number of ether oxygens (including phenoxy) is 1. The number of hydrogen-bond donors (Lipinski definition) is 1. The molecule has 0 radical (unpaired) electrons. The number of hydrogen-bond acceptors (Lipinski definition) is 3. The normalized spacial score (nSPS) is 20.4. The molecule has 3 rings (SSSR count). The molecule has 1 aliphatic heterocycles. The van der Waals surface area contributed by atoms with Crippen molar-refractivity contribution in [3.05, 3.63) is 23.8 Å². The fourth-order valence-electron chi connectivity index (χ4n) is 2.61. The number of aryl methyl sites for hydroxylation is 1. The molecule has 1 unspecified atom stereocenters. The number of anilines is 1. The third-order valence-corrected chi connectivity index (χ3v) is 3.59. The first kappa shape index (κ1) is 11.5.